The second-order valence-corrected chi connectivity index (χ2v) is 7.14. The van der Waals surface area contributed by atoms with E-state index in [4.69, 9.17) is 4.74 Å². The smallest absolute Gasteiger partial charge is 0.0494 e. The van der Waals surface area contributed by atoms with Crippen LogP contribution in [0.15, 0.2) is 12.7 Å². The predicted octanol–water partition coefficient (Wildman–Crippen LogP) is 5.60. The van der Waals surface area contributed by atoms with Gasteiger partial charge in [0, 0.05) is 13.2 Å². The first-order chi connectivity index (χ1) is 9.81. The molecule has 1 nitrogen and oxygen atoms in total. The maximum atomic E-state index is 5.58. The minimum Gasteiger partial charge on any atom is -0.381 e. The standard InChI is InChI=1S/C19H34O/c1-3-16-5-7-17(8-6-16)9-10-18-11-13-19(14-12-18)15-20-4-2/h3,16-19H,1,4-15H2,2H3. The largest absolute Gasteiger partial charge is 0.381 e. The molecule has 0 aliphatic heterocycles. The van der Waals surface area contributed by atoms with Crippen LogP contribution in [-0.4, -0.2) is 13.2 Å². The molecule has 2 aliphatic carbocycles. The van der Waals surface area contributed by atoms with Crippen LogP contribution in [0.1, 0.15) is 71.1 Å². The molecular formula is C19H34O. The van der Waals surface area contributed by atoms with Crippen LogP contribution >= 0.6 is 0 Å². The molecule has 0 unspecified atom stereocenters. The van der Waals surface area contributed by atoms with Crippen LogP contribution in [-0.2, 0) is 4.74 Å². The first-order valence-electron chi connectivity index (χ1n) is 9.02. The Balaban J connectivity index is 1.56. The van der Waals surface area contributed by atoms with E-state index < -0.39 is 0 Å². The minimum atomic E-state index is 0.820. The second kappa shape index (κ2) is 8.87. The quantitative estimate of drug-likeness (QED) is 0.551. The van der Waals surface area contributed by atoms with Crippen LogP contribution in [0.4, 0.5) is 0 Å². The summed E-state index contributed by atoms with van der Waals surface area (Å²) in [4.78, 5) is 0. The Hall–Kier alpha value is -0.300. The minimum absolute atomic E-state index is 0.820. The highest BCUT2D eigenvalue weighted by Crippen LogP contribution is 2.36. The third-order valence-electron chi connectivity index (χ3n) is 5.73. The van der Waals surface area contributed by atoms with Gasteiger partial charge in [-0.15, -0.1) is 6.58 Å². The molecule has 0 aromatic rings. The van der Waals surface area contributed by atoms with Gasteiger partial charge in [-0.3, -0.25) is 0 Å². The van der Waals surface area contributed by atoms with E-state index in [1.165, 1.54) is 64.2 Å². The second-order valence-electron chi connectivity index (χ2n) is 7.14. The van der Waals surface area contributed by atoms with Crippen LogP contribution in [0.2, 0.25) is 0 Å². The average Bonchev–Trinajstić information content (AvgIpc) is 2.52. The van der Waals surface area contributed by atoms with Gasteiger partial charge in [0.25, 0.3) is 0 Å². The summed E-state index contributed by atoms with van der Waals surface area (Å²) in [7, 11) is 0. The zero-order valence-electron chi connectivity index (χ0n) is 13.5. The van der Waals surface area contributed by atoms with Crippen LogP contribution in [0.5, 0.6) is 0 Å². The SMILES string of the molecule is C=CC1CCC(CCC2CCC(COCC)CC2)CC1. The Morgan fingerprint density at radius 3 is 1.85 bits per heavy atom. The molecule has 0 amide bonds. The lowest BCUT2D eigenvalue weighted by atomic mass is 9.76. The Morgan fingerprint density at radius 2 is 1.35 bits per heavy atom. The van der Waals surface area contributed by atoms with E-state index in [1.807, 2.05) is 0 Å². The maximum Gasteiger partial charge on any atom is 0.0494 e. The molecule has 0 N–H and O–H groups in total. The lowest BCUT2D eigenvalue weighted by molar-refractivity contribution is 0.0844. The van der Waals surface area contributed by atoms with Crippen molar-refractivity contribution in [1.29, 1.82) is 0 Å². The van der Waals surface area contributed by atoms with Crippen molar-refractivity contribution in [2.45, 2.75) is 71.1 Å². The Bertz CT molecular complexity index is 257. The number of hydrogen-bond acceptors (Lipinski definition) is 1. The van der Waals surface area contributed by atoms with Crippen molar-refractivity contribution in [3.63, 3.8) is 0 Å². The molecule has 0 heterocycles. The van der Waals surface area contributed by atoms with Gasteiger partial charge in [-0.05, 0) is 69.1 Å². The highest BCUT2D eigenvalue weighted by molar-refractivity contribution is 4.84. The van der Waals surface area contributed by atoms with E-state index in [-0.39, 0.29) is 0 Å². The summed E-state index contributed by atoms with van der Waals surface area (Å²) in [6.07, 6.45) is 16.6. The summed E-state index contributed by atoms with van der Waals surface area (Å²) >= 11 is 0. The topological polar surface area (TPSA) is 9.23 Å². The van der Waals surface area contributed by atoms with Gasteiger partial charge in [-0.25, -0.2) is 0 Å². The monoisotopic (exact) mass is 278 g/mol. The van der Waals surface area contributed by atoms with Gasteiger partial charge < -0.3 is 4.74 Å². The molecule has 0 aromatic heterocycles. The first-order valence-corrected chi connectivity index (χ1v) is 9.02. The molecule has 0 spiro atoms. The zero-order valence-corrected chi connectivity index (χ0v) is 13.5. The van der Waals surface area contributed by atoms with Crippen molar-refractivity contribution >= 4 is 0 Å². The molecule has 0 radical (unpaired) electrons. The van der Waals surface area contributed by atoms with E-state index in [0.29, 0.717) is 0 Å². The fourth-order valence-corrected chi connectivity index (χ4v) is 4.16. The van der Waals surface area contributed by atoms with E-state index >= 15 is 0 Å². The van der Waals surface area contributed by atoms with Gasteiger partial charge in [0.2, 0.25) is 0 Å². The number of allylic oxidation sites excluding steroid dienone is 1. The fraction of sp³-hybridized carbons (Fsp3) is 0.895. The number of rotatable bonds is 7. The predicted molar refractivity (Wildman–Crippen MR) is 86.8 cm³/mol. The van der Waals surface area contributed by atoms with Crippen LogP contribution in [0, 0.1) is 23.7 Å². The van der Waals surface area contributed by atoms with Crippen molar-refractivity contribution in [1.82, 2.24) is 0 Å². The van der Waals surface area contributed by atoms with Crippen LogP contribution < -0.4 is 0 Å². The molecule has 2 saturated carbocycles. The summed E-state index contributed by atoms with van der Waals surface area (Å²) in [5.41, 5.74) is 0. The molecule has 0 bridgehead atoms. The number of ether oxygens (including phenoxy) is 1. The summed E-state index contributed by atoms with van der Waals surface area (Å²) in [6, 6.07) is 0. The summed E-state index contributed by atoms with van der Waals surface area (Å²) in [5.74, 6) is 3.71. The van der Waals surface area contributed by atoms with E-state index in [9.17, 15) is 0 Å². The zero-order chi connectivity index (χ0) is 14.2. The van der Waals surface area contributed by atoms with Gasteiger partial charge in [0.05, 0.1) is 0 Å². The Labute approximate surface area is 126 Å². The molecule has 20 heavy (non-hydrogen) atoms. The molecule has 0 saturated heterocycles. The van der Waals surface area contributed by atoms with Crippen LogP contribution in [0.25, 0.3) is 0 Å². The summed E-state index contributed by atoms with van der Waals surface area (Å²) in [6.45, 7) is 7.94. The normalized spacial score (nSPS) is 34.9. The maximum absolute atomic E-state index is 5.58. The third kappa shape index (κ3) is 5.24. The Kier molecular flexibility index (Phi) is 7.13. The average molecular weight is 278 g/mol. The Morgan fingerprint density at radius 1 is 0.850 bits per heavy atom. The molecule has 2 fully saturated rings. The van der Waals surface area contributed by atoms with E-state index in [1.54, 1.807) is 0 Å². The fourth-order valence-electron chi connectivity index (χ4n) is 4.16. The van der Waals surface area contributed by atoms with Gasteiger partial charge in [-0.1, -0.05) is 31.8 Å². The van der Waals surface area contributed by atoms with Gasteiger partial charge >= 0.3 is 0 Å². The molecule has 1 heteroatoms. The highest BCUT2D eigenvalue weighted by atomic mass is 16.5. The first kappa shape index (κ1) is 16.1. The van der Waals surface area contributed by atoms with Crippen molar-refractivity contribution in [2.75, 3.05) is 13.2 Å². The van der Waals surface area contributed by atoms with Crippen molar-refractivity contribution < 1.29 is 4.74 Å². The van der Waals surface area contributed by atoms with Crippen molar-refractivity contribution in [3.05, 3.63) is 12.7 Å². The van der Waals surface area contributed by atoms with Crippen LogP contribution in [0.3, 0.4) is 0 Å². The van der Waals surface area contributed by atoms with Gasteiger partial charge in [-0.2, -0.15) is 0 Å². The van der Waals surface area contributed by atoms with E-state index in [0.717, 1.165) is 36.9 Å². The van der Waals surface area contributed by atoms with Gasteiger partial charge in [0.1, 0.15) is 0 Å². The summed E-state index contributed by atoms with van der Waals surface area (Å²) < 4.78 is 5.58. The van der Waals surface area contributed by atoms with Crippen molar-refractivity contribution in [3.8, 4) is 0 Å². The lowest BCUT2D eigenvalue weighted by Crippen LogP contribution is -2.20. The molecule has 2 aliphatic rings. The van der Waals surface area contributed by atoms with Gasteiger partial charge in [0.15, 0.2) is 0 Å². The molecule has 2 rings (SSSR count). The summed E-state index contributed by atoms with van der Waals surface area (Å²) in [5, 5.41) is 0. The van der Waals surface area contributed by atoms with Crippen molar-refractivity contribution in [2.24, 2.45) is 23.7 Å². The molecule has 0 aromatic carbocycles. The highest BCUT2D eigenvalue weighted by Gasteiger charge is 2.24. The molecular weight excluding hydrogens is 244 g/mol. The number of hydrogen-bond donors (Lipinski definition) is 0. The molecule has 0 atom stereocenters. The molecule has 116 valence electrons. The third-order valence-corrected chi connectivity index (χ3v) is 5.73. The lowest BCUT2D eigenvalue weighted by Gasteiger charge is -2.31. The van der Waals surface area contributed by atoms with E-state index in [2.05, 4.69) is 19.6 Å².